The maximum absolute atomic E-state index is 11.2. The van der Waals surface area contributed by atoms with Crippen molar-refractivity contribution in [2.75, 3.05) is 0 Å². The molecule has 2 rings (SSSR count). The number of carbonyl (C=O) groups is 1. The van der Waals surface area contributed by atoms with Crippen molar-refractivity contribution in [3.63, 3.8) is 0 Å². The van der Waals surface area contributed by atoms with Gasteiger partial charge in [0.1, 0.15) is 0 Å². The minimum absolute atomic E-state index is 0.285. The minimum Gasteiger partial charge on any atom is -0.478 e. The van der Waals surface area contributed by atoms with Crippen molar-refractivity contribution in [3.8, 4) is 0 Å². The molecule has 2 heterocycles. The largest absolute Gasteiger partial charge is 0.478 e. The SMILES string of the molecule is CCc1c2c(C(=O)O)cc(C)nc2nn1C. The lowest BCUT2D eigenvalue weighted by molar-refractivity contribution is 0.0699. The van der Waals surface area contributed by atoms with Gasteiger partial charge >= 0.3 is 5.97 Å². The number of hydrogen-bond acceptors (Lipinski definition) is 3. The molecule has 0 unspecified atom stereocenters. The molecule has 16 heavy (non-hydrogen) atoms. The van der Waals surface area contributed by atoms with E-state index < -0.39 is 5.97 Å². The van der Waals surface area contributed by atoms with Gasteiger partial charge in [0.05, 0.1) is 10.9 Å². The Hall–Kier alpha value is -1.91. The molecule has 0 fully saturated rings. The van der Waals surface area contributed by atoms with E-state index in [1.165, 1.54) is 0 Å². The Morgan fingerprint density at radius 3 is 2.81 bits per heavy atom. The fourth-order valence-electron chi connectivity index (χ4n) is 1.95. The maximum Gasteiger partial charge on any atom is 0.336 e. The molecule has 0 aromatic carbocycles. The molecule has 5 heteroatoms. The molecule has 2 aromatic heterocycles. The lowest BCUT2D eigenvalue weighted by Crippen LogP contribution is -2.01. The number of aromatic nitrogens is 3. The third kappa shape index (κ3) is 1.44. The Kier molecular flexibility index (Phi) is 2.38. The predicted molar refractivity (Wildman–Crippen MR) is 59.6 cm³/mol. The van der Waals surface area contributed by atoms with Gasteiger partial charge in [-0.25, -0.2) is 9.78 Å². The summed E-state index contributed by atoms with van der Waals surface area (Å²) in [5, 5.41) is 14.1. The first-order valence-electron chi connectivity index (χ1n) is 5.11. The highest BCUT2D eigenvalue weighted by Crippen LogP contribution is 2.22. The van der Waals surface area contributed by atoms with Gasteiger partial charge in [0.25, 0.3) is 0 Å². The smallest absolute Gasteiger partial charge is 0.336 e. The zero-order chi connectivity index (χ0) is 11.9. The second-order valence-corrected chi connectivity index (χ2v) is 3.74. The first kappa shape index (κ1) is 10.6. The molecule has 0 saturated heterocycles. The van der Waals surface area contributed by atoms with E-state index in [1.54, 1.807) is 17.7 Å². The van der Waals surface area contributed by atoms with Crippen LogP contribution in [0.4, 0.5) is 0 Å². The molecule has 0 saturated carbocycles. The third-order valence-electron chi connectivity index (χ3n) is 2.62. The van der Waals surface area contributed by atoms with E-state index >= 15 is 0 Å². The monoisotopic (exact) mass is 219 g/mol. The molecule has 0 spiro atoms. The second kappa shape index (κ2) is 3.59. The minimum atomic E-state index is -0.932. The van der Waals surface area contributed by atoms with Gasteiger partial charge in [-0.1, -0.05) is 6.92 Å². The number of hydrogen-bond donors (Lipinski definition) is 1. The van der Waals surface area contributed by atoms with Crippen LogP contribution < -0.4 is 0 Å². The third-order valence-corrected chi connectivity index (χ3v) is 2.62. The number of aryl methyl sites for hydroxylation is 3. The van der Waals surface area contributed by atoms with Crippen molar-refractivity contribution in [2.45, 2.75) is 20.3 Å². The van der Waals surface area contributed by atoms with E-state index in [2.05, 4.69) is 10.1 Å². The Labute approximate surface area is 92.7 Å². The summed E-state index contributed by atoms with van der Waals surface area (Å²) in [6, 6.07) is 1.59. The summed E-state index contributed by atoms with van der Waals surface area (Å²) in [6.45, 7) is 3.74. The Balaban J connectivity index is 2.91. The summed E-state index contributed by atoms with van der Waals surface area (Å²) in [7, 11) is 1.81. The summed E-state index contributed by atoms with van der Waals surface area (Å²) < 4.78 is 1.70. The predicted octanol–water partition coefficient (Wildman–Crippen LogP) is 1.54. The van der Waals surface area contributed by atoms with Gasteiger partial charge < -0.3 is 5.11 Å². The van der Waals surface area contributed by atoms with Crippen LogP contribution >= 0.6 is 0 Å². The van der Waals surface area contributed by atoms with E-state index in [0.717, 1.165) is 12.1 Å². The molecule has 0 aliphatic heterocycles. The Morgan fingerprint density at radius 1 is 1.56 bits per heavy atom. The zero-order valence-electron chi connectivity index (χ0n) is 9.48. The van der Waals surface area contributed by atoms with Gasteiger partial charge in [-0.2, -0.15) is 5.10 Å². The molecule has 84 valence electrons. The van der Waals surface area contributed by atoms with Crippen LogP contribution in [-0.4, -0.2) is 25.8 Å². The Bertz CT molecular complexity index is 572. The van der Waals surface area contributed by atoms with Gasteiger partial charge in [0, 0.05) is 18.4 Å². The van der Waals surface area contributed by atoms with Crippen LogP contribution in [0.25, 0.3) is 11.0 Å². The fourth-order valence-corrected chi connectivity index (χ4v) is 1.95. The van der Waals surface area contributed by atoms with Crippen molar-refractivity contribution in [2.24, 2.45) is 7.05 Å². The van der Waals surface area contributed by atoms with Gasteiger partial charge in [0.15, 0.2) is 5.65 Å². The standard InChI is InChI=1S/C11H13N3O2/c1-4-8-9-7(11(15)16)5-6(2)12-10(9)13-14(8)3/h5H,4H2,1-3H3,(H,15,16). The maximum atomic E-state index is 11.2. The number of aromatic carboxylic acids is 1. The Morgan fingerprint density at radius 2 is 2.25 bits per heavy atom. The van der Waals surface area contributed by atoms with E-state index in [-0.39, 0.29) is 5.56 Å². The first-order chi connectivity index (χ1) is 7.54. The van der Waals surface area contributed by atoms with Gasteiger partial charge in [-0.3, -0.25) is 4.68 Å². The lowest BCUT2D eigenvalue weighted by atomic mass is 10.1. The summed E-state index contributed by atoms with van der Waals surface area (Å²) >= 11 is 0. The zero-order valence-corrected chi connectivity index (χ0v) is 9.48. The summed E-state index contributed by atoms with van der Waals surface area (Å²) in [5.74, 6) is -0.932. The van der Waals surface area contributed by atoms with Crippen molar-refractivity contribution in [3.05, 3.63) is 23.0 Å². The highest BCUT2D eigenvalue weighted by atomic mass is 16.4. The van der Waals surface area contributed by atoms with Gasteiger partial charge in [-0.15, -0.1) is 0 Å². The molecule has 1 N–H and O–H groups in total. The number of carboxylic acids is 1. The van der Waals surface area contributed by atoms with Gasteiger partial charge in [0.2, 0.25) is 0 Å². The number of rotatable bonds is 2. The van der Waals surface area contributed by atoms with Crippen LogP contribution in [0.1, 0.15) is 28.7 Å². The van der Waals surface area contributed by atoms with Crippen molar-refractivity contribution < 1.29 is 9.90 Å². The quantitative estimate of drug-likeness (QED) is 0.831. The summed E-state index contributed by atoms with van der Waals surface area (Å²) in [5.41, 5.74) is 2.37. The van der Waals surface area contributed by atoms with Crippen LogP contribution in [0.3, 0.4) is 0 Å². The molecule has 0 amide bonds. The van der Waals surface area contributed by atoms with E-state index in [0.29, 0.717) is 16.7 Å². The second-order valence-electron chi connectivity index (χ2n) is 3.74. The number of fused-ring (bicyclic) bond motifs is 1. The van der Waals surface area contributed by atoms with Crippen molar-refractivity contribution in [1.82, 2.24) is 14.8 Å². The van der Waals surface area contributed by atoms with E-state index in [1.807, 2.05) is 14.0 Å². The van der Waals surface area contributed by atoms with Crippen molar-refractivity contribution in [1.29, 1.82) is 0 Å². The first-order valence-corrected chi connectivity index (χ1v) is 5.11. The van der Waals surface area contributed by atoms with Crippen LogP contribution in [0.2, 0.25) is 0 Å². The summed E-state index contributed by atoms with van der Waals surface area (Å²) in [4.78, 5) is 15.4. The molecule has 2 aromatic rings. The van der Waals surface area contributed by atoms with E-state index in [4.69, 9.17) is 0 Å². The molecule has 0 aliphatic carbocycles. The highest BCUT2D eigenvalue weighted by molar-refractivity contribution is 6.02. The molecule has 0 radical (unpaired) electrons. The number of carboxylic acid groups (broad SMARTS) is 1. The fraction of sp³-hybridized carbons (Fsp3) is 0.364. The van der Waals surface area contributed by atoms with Crippen molar-refractivity contribution >= 4 is 17.0 Å². The molecular weight excluding hydrogens is 206 g/mol. The van der Waals surface area contributed by atoms with Gasteiger partial charge in [-0.05, 0) is 19.4 Å². The molecule has 0 bridgehead atoms. The molecule has 5 nitrogen and oxygen atoms in total. The normalized spacial score (nSPS) is 10.9. The van der Waals surface area contributed by atoms with Crippen LogP contribution in [0, 0.1) is 6.92 Å². The van der Waals surface area contributed by atoms with Crippen LogP contribution in [0.5, 0.6) is 0 Å². The van der Waals surface area contributed by atoms with Crippen LogP contribution in [0.15, 0.2) is 6.07 Å². The molecular formula is C11H13N3O2. The molecule has 0 atom stereocenters. The average Bonchev–Trinajstić information content (AvgIpc) is 2.51. The number of nitrogens with zero attached hydrogens (tertiary/aromatic N) is 3. The summed E-state index contributed by atoms with van der Waals surface area (Å²) in [6.07, 6.45) is 0.734. The number of pyridine rings is 1. The average molecular weight is 219 g/mol. The molecule has 0 aliphatic rings. The highest BCUT2D eigenvalue weighted by Gasteiger charge is 2.17. The van der Waals surface area contributed by atoms with E-state index in [9.17, 15) is 9.90 Å². The lowest BCUT2D eigenvalue weighted by Gasteiger charge is -2.01. The van der Waals surface area contributed by atoms with Crippen LogP contribution in [-0.2, 0) is 13.5 Å². The topological polar surface area (TPSA) is 68.0 Å².